The van der Waals surface area contributed by atoms with Crippen molar-refractivity contribution in [3.05, 3.63) is 72.9 Å². The highest BCUT2D eigenvalue weighted by Gasteiger charge is 2.26. The summed E-state index contributed by atoms with van der Waals surface area (Å²) >= 11 is 15.5. The molecule has 0 bridgehead atoms. The zero-order valence-electron chi connectivity index (χ0n) is 74.1. The molecule has 0 rings (SSSR count). The Kier molecular flexibility index (Phi) is 95.6. The first kappa shape index (κ1) is 148. The summed E-state index contributed by atoms with van der Waals surface area (Å²) in [4.78, 5) is 150. The molecule has 47 heteroatoms. The van der Waals surface area contributed by atoms with Gasteiger partial charge in [0.05, 0.1) is 60.1 Å². The Hall–Kier alpha value is -6.73. The van der Waals surface area contributed by atoms with Gasteiger partial charge in [-0.2, -0.15) is 12.6 Å². The maximum atomic E-state index is 11.6. The number of aliphatic carboxylic acids is 3. The summed E-state index contributed by atoms with van der Waals surface area (Å²) in [5.74, 6) is -9.74. The van der Waals surface area contributed by atoms with Crippen molar-refractivity contribution in [2.45, 2.75) is 196 Å². The molecule has 0 aliphatic carbocycles. The van der Waals surface area contributed by atoms with Gasteiger partial charge < -0.3 is 78.0 Å². The van der Waals surface area contributed by atoms with E-state index >= 15 is 0 Å². The lowest BCUT2D eigenvalue weighted by Crippen LogP contribution is -2.30. The number of alkyl halides is 1. The van der Waals surface area contributed by atoms with Crippen molar-refractivity contribution < 1.29 is 175 Å². The van der Waals surface area contributed by atoms with E-state index in [1.807, 2.05) is 62.3 Å². The summed E-state index contributed by atoms with van der Waals surface area (Å²) in [5.41, 5.74) is -0.928. The molecule has 0 aromatic heterocycles. The van der Waals surface area contributed by atoms with E-state index in [1.54, 1.807) is 62.3 Å². The Morgan fingerprint density at radius 2 is 0.627 bits per heavy atom. The Labute approximate surface area is 780 Å². The molecule has 126 heavy (non-hydrogen) atoms. The fraction of sp³-hybridized carbons (Fsp3) is 0.671. The number of carbonyl (C=O) groups excluding carboxylic acids is 11. The molecule has 6 N–H and O–H groups in total. The molecule has 37 nitrogen and oxygen atoms in total. The Morgan fingerprint density at radius 1 is 0.373 bits per heavy atom. The molecule has 0 aromatic rings. The van der Waals surface area contributed by atoms with Crippen LogP contribution in [0.4, 0.5) is 0 Å². The lowest BCUT2D eigenvalue weighted by atomic mass is 10.2. The average molecular weight is 2060 g/mol. The minimum Gasteiger partial charge on any atom is -0.481 e. The summed E-state index contributed by atoms with van der Waals surface area (Å²) in [6, 6.07) is 0. The number of sulfone groups is 3. The minimum absolute atomic E-state index is 0. The third-order valence-corrected chi connectivity index (χ3v) is 19.0. The number of aliphatic hydroxyl groups excluding tert-OH is 3. The van der Waals surface area contributed by atoms with Crippen LogP contribution in [-0.4, -0.2) is 315 Å². The summed E-state index contributed by atoms with van der Waals surface area (Å²) in [5, 5.41) is 49.2. The maximum absolute atomic E-state index is 11.6. The Morgan fingerprint density at radius 3 is 0.857 bits per heavy atom. The topological polar surface area (TPSA) is 572 Å². The lowest BCUT2D eigenvalue weighted by molar-refractivity contribution is -0.152. The standard InChI is InChI=1S/C12H20O6S.C12H20O4S.C8H12O6S.C8H16O5S.C8H12O5S.C8H12O4S.C8H16O3S.C6H11BrO2.C4H5ClO.C2H6OS.3CH4/c1-9(2)11(14)17-6-7-19(15,16)8-10(13)18-12(3,4)5;1-9(2)11(14)15-6-7-17-8-10(13)16-12(3,4)5;1-6(2)8(11)14-3-4-15(12,13)5-7(9)10;1-8(2,3)13-7(10)6-14(11,12)5-4-9;1-6(2)8(11)13-3-4-14(12)5-7(9)10;1-6(2)8(11)12-3-4-13-5-7(9)10;1-8(2,3)11-7(10)6-12-5-4-9;1-6(2,3)9-5(8)4-7;1-3(2)4(5)6;3-1-2-4;;;/h1,6-8H2,2-5H3;1,6-8H2,2-5H3;1,3-5H2,2H3,(H,9,10);9H,4-6H2,1-3H3;1,3-5H2,2H3,(H,9,10);1,3-5H2,2H3,(H,9,10);9H,4-6H2,1-3H3;4H2,1-3H3;1H2,2H3;3-4H,1-2H2;3*1H4. The van der Waals surface area contributed by atoms with Crippen LogP contribution in [0, 0.1) is 0 Å². The number of aliphatic hydroxyl groups is 3. The van der Waals surface area contributed by atoms with Gasteiger partial charge in [-0.05, 0) is 157 Å². The van der Waals surface area contributed by atoms with Crippen LogP contribution in [0.5, 0.6) is 0 Å². The maximum Gasteiger partial charge on any atom is 0.333 e. The van der Waals surface area contributed by atoms with Crippen LogP contribution >= 0.6 is 75.4 Å². The number of carboxylic acids is 3. The molecule has 0 fully saturated rings. The number of halogens is 2. The van der Waals surface area contributed by atoms with Crippen molar-refractivity contribution in [2.24, 2.45) is 0 Å². The third kappa shape index (κ3) is 133. The molecule has 0 heterocycles. The van der Waals surface area contributed by atoms with Crippen LogP contribution in [0.2, 0.25) is 0 Å². The molecule has 1 unspecified atom stereocenters. The van der Waals surface area contributed by atoms with E-state index < -0.39 is 175 Å². The van der Waals surface area contributed by atoms with Gasteiger partial charge in [0, 0.05) is 67.2 Å². The molecule has 0 radical (unpaired) electrons. The van der Waals surface area contributed by atoms with Gasteiger partial charge >= 0.3 is 77.6 Å². The zero-order chi connectivity index (χ0) is 99.3. The van der Waals surface area contributed by atoms with E-state index in [-0.39, 0.29) is 131 Å². The van der Waals surface area contributed by atoms with Crippen LogP contribution < -0.4 is 0 Å². The summed E-state index contributed by atoms with van der Waals surface area (Å²) in [6.07, 6.45) is 0. The number of allylic oxidation sites excluding steroid dienone is 1. The van der Waals surface area contributed by atoms with Gasteiger partial charge in [0.25, 0.3) is 0 Å². The summed E-state index contributed by atoms with van der Waals surface area (Å²) in [6.45, 7) is 55.3. The number of hydrogen-bond acceptors (Lipinski definition) is 38. The predicted molar refractivity (Wildman–Crippen MR) is 502 cm³/mol. The fourth-order valence-electron chi connectivity index (χ4n) is 5.25. The van der Waals surface area contributed by atoms with E-state index in [2.05, 4.69) is 82.2 Å². The molecular weight excluding hydrogens is 1910 g/mol. The molecule has 0 saturated carbocycles. The van der Waals surface area contributed by atoms with Gasteiger partial charge in [-0.15, -0.1) is 35.3 Å². The second-order valence-electron chi connectivity index (χ2n) is 29.0. The third-order valence-electron chi connectivity index (χ3n) is 9.71. The van der Waals surface area contributed by atoms with Gasteiger partial charge in [0.2, 0.25) is 5.24 Å². The molecule has 0 aromatic carbocycles. The van der Waals surface area contributed by atoms with Crippen molar-refractivity contribution in [2.75, 3.05) is 144 Å². The fourth-order valence-corrected chi connectivity index (χ4v) is 10.2. The molecule has 0 amide bonds. The first-order valence-corrected chi connectivity index (χ1v) is 48.5. The highest BCUT2D eigenvalue weighted by molar-refractivity contribution is 9.09. The predicted octanol–water partition coefficient (Wildman–Crippen LogP) is 9.17. The van der Waals surface area contributed by atoms with Crippen molar-refractivity contribution in [3.63, 3.8) is 0 Å². The van der Waals surface area contributed by atoms with E-state index in [0.29, 0.717) is 45.5 Å². The van der Waals surface area contributed by atoms with Crippen LogP contribution in [-0.2, 0) is 155 Å². The first-order valence-electron chi connectivity index (χ1n) is 35.9. The van der Waals surface area contributed by atoms with Gasteiger partial charge in [0.1, 0.15) is 89.4 Å². The number of rotatable bonds is 41. The van der Waals surface area contributed by atoms with Crippen molar-refractivity contribution in [3.8, 4) is 0 Å². The molecule has 1 atom stereocenters. The van der Waals surface area contributed by atoms with Gasteiger partial charge in [-0.1, -0.05) is 77.7 Å². The minimum atomic E-state index is -3.71. The number of carbonyl (C=O) groups is 14. The number of thiol groups is 1. The number of ether oxygens (including phenoxy) is 10. The lowest BCUT2D eigenvalue weighted by Gasteiger charge is -2.19. The van der Waals surface area contributed by atoms with Gasteiger partial charge in [0.15, 0.2) is 29.5 Å². The molecule has 0 aliphatic rings. The first-order chi connectivity index (χ1) is 55.5. The van der Waals surface area contributed by atoms with Crippen LogP contribution in [0.1, 0.15) is 168 Å². The highest BCUT2D eigenvalue weighted by Crippen LogP contribution is 2.14. The van der Waals surface area contributed by atoms with Crippen LogP contribution in [0.25, 0.3) is 0 Å². The highest BCUT2D eigenvalue weighted by atomic mass is 79.9. The average Bonchev–Trinajstić information content (AvgIpc) is 0.891. The van der Waals surface area contributed by atoms with Gasteiger partial charge in [-0.25, -0.2) is 49.2 Å². The van der Waals surface area contributed by atoms with Crippen molar-refractivity contribution >= 4 is 199 Å². The smallest absolute Gasteiger partial charge is 0.333 e. The second kappa shape index (κ2) is 81.5. The Bertz CT molecular complexity index is 3700. The second-order valence-corrected chi connectivity index (χ2v) is 41.8. The van der Waals surface area contributed by atoms with Gasteiger partial charge in [-0.3, -0.25) is 47.4 Å². The number of esters is 10. The summed E-state index contributed by atoms with van der Waals surface area (Å²) < 4.78 is 126. The zero-order valence-corrected chi connectivity index (χ0v) is 83.1. The largest absolute Gasteiger partial charge is 0.481 e. The molecule has 0 spiro atoms. The SMILES string of the molecule is C.C.C.C=C(C)C(=O)Cl.C=C(C)C(=O)OCCS(=O)(=O)CC(=O)O.C=C(C)C(=O)OCCS(=O)(=O)CC(=O)OC(C)(C)C.C=C(C)C(=O)OCCS(=O)CC(=O)O.C=C(C)C(=O)OCCSCC(=O)O.C=C(C)C(=O)OCCSCC(=O)OC(C)(C)C.CC(C)(C)OC(=O)CBr.CC(C)(C)OC(=O)CS(=O)(=O)CCO.CC(C)(C)OC(=O)CSCCO.OCCS. The van der Waals surface area contributed by atoms with Crippen LogP contribution in [0.3, 0.4) is 0 Å². The molecule has 0 aliphatic heterocycles. The molecular formula is C79H142BrClO37S8. The van der Waals surface area contributed by atoms with E-state index in [9.17, 15) is 96.6 Å². The number of hydrogen-bond donors (Lipinski definition) is 7. The molecule has 0 saturated heterocycles. The number of thioether (sulfide) groups is 3. The van der Waals surface area contributed by atoms with E-state index in [0.717, 1.165) is 0 Å². The Balaban J connectivity index is -0.000000104. The summed E-state index contributed by atoms with van der Waals surface area (Å²) in [7, 11) is -12.4. The quantitative estimate of drug-likeness (QED) is 0.00570. The van der Waals surface area contributed by atoms with Crippen molar-refractivity contribution in [1.82, 2.24) is 0 Å². The van der Waals surface area contributed by atoms with E-state index in [4.69, 9.17) is 75.4 Å². The number of carboxylic acid groups (broad SMARTS) is 3. The molecule has 742 valence electrons. The normalized spacial score (nSPS) is 10.7. The van der Waals surface area contributed by atoms with Crippen molar-refractivity contribution in [1.29, 1.82) is 0 Å². The monoisotopic (exact) mass is 2050 g/mol. The van der Waals surface area contributed by atoms with E-state index in [1.165, 1.54) is 56.1 Å². The van der Waals surface area contributed by atoms with Crippen LogP contribution in [0.15, 0.2) is 72.9 Å².